The number of hydrogen-bond donors (Lipinski definition) is 3. The average Bonchev–Trinajstić information content (AvgIpc) is 2.81. The third kappa shape index (κ3) is 4.88. The maximum Gasteiger partial charge on any atom is 0.335 e. The van der Waals surface area contributed by atoms with Crippen LogP contribution in [0.2, 0.25) is 0 Å². The fourth-order valence-corrected chi connectivity index (χ4v) is 3.83. The van der Waals surface area contributed by atoms with Gasteiger partial charge in [-0.2, -0.15) is 0 Å². The van der Waals surface area contributed by atoms with Crippen LogP contribution in [0.1, 0.15) is 33.0 Å². The number of carbonyl (C=O) groups is 2. The van der Waals surface area contributed by atoms with Crippen molar-refractivity contribution in [2.75, 3.05) is 11.9 Å². The molecule has 4 aromatic rings. The van der Waals surface area contributed by atoms with Crippen molar-refractivity contribution in [3.8, 4) is 0 Å². The quantitative estimate of drug-likeness (QED) is 0.394. The molecule has 4 rings (SSSR count). The molecule has 0 saturated heterocycles. The SMILES string of the molecule is NCC(C(=O)Nc1ccc2cnccc2c1)c1ccc(Cc2ccccc2C(=O)O)cc1F. The van der Waals surface area contributed by atoms with Crippen LogP contribution in [0.25, 0.3) is 10.8 Å². The lowest BCUT2D eigenvalue weighted by Crippen LogP contribution is -2.28. The van der Waals surface area contributed by atoms with Crippen LogP contribution in [0, 0.1) is 5.82 Å². The van der Waals surface area contributed by atoms with Gasteiger partial charge >= 0.3 is 5.97 Å². The first-order chi connectivity index (χ1) is 16.0. The fraction of sp³-hybridized carbons (Fsp3) is 0.115. The van der Waals surface area contributed by atoms with Gasteiger partial charge in [-0.25, -0.2) is 9.18 Å². The Kier molecular flexibility index (Phi) is 6.42. The van der Waals surface area contributed by atoms with E-state index in [0.29, 0.717) is 16.8 Å². The molecule has 4 N–H and O–H groups in total. The molecule has 1 unspecified atom stereocenters. The Morgan fingerprint density at radius 2 is 1.85 bits per heavy atom. The maximum absolute atomic E-state index is 15.0. The van der Waals surface area contributed by atoms with Gasteiger partial charge in [0.15, 0.2) is 0 Å². The molecule has 0 fully saturated rings. The van der Waals surface area contributed by atoms with Crippen molar-refractivity contribution in [2.45, 2.75) is 12.3 Å². The Morgan fingerprint density at radius 1 is 1.03 bits per heavy atom. The van der Waals surface area contributed by atoms with Crippen LogP contribution in [0.15, 0.2) is 79.1 Å². The number of fused-ring (bicyclic) bond motifs is 1. The van der Waals surface area contributed by atoms with E-state index in [1.807, 2.05) is 18.2 Å². The van der Waals surface area contributed by atoms with Gasteiger partial charge in [-0.1, -0.05) is 36.4 Å². The standard InChI is InChI=1S/C26H22FN3O3/c27-24-12-16(11-18-3-1-2-4-21(18)26(32)33)5-8-22(24)23(14-28)25(31)30-20-7-6-19-15-29-10-9-17(19)13-20/h1-10,12-13,15,23H,11,14,28H2,(H,30,31)(H,32,33). The Morgan fingerprint density at radius 3 is 2.61 bits per heavy atom. The Hall–Kier alpha value is -4.10. The molecule has 3 aromatic carbocycles. The van der Waals surface area contributed by atoms with E-state index in [1.165, 1.54) is 18.2 Å². The molecule has 0 saturated carbocycles. The molecule has 1 amide bonds. The minimum atomic E-state index is -1.03. The Bertz CT molecular complexity index is 1340. The Labute approximate surface area is 189 Å². The third-order valence-corrected chi connectivity index (χ3v) is 5.54. The number of hydrogen-bond acceptors (Lipinski definition) is 4. The molecule has 166 valence electrons. The van der Waals surface area contributed by atoms with Crippen LogP contribution in [0.3, 0.4) is 0 Å². The number of nitrogens with two attached hydrogens (primary N) is 1. The van der Waals surface area contributed by atoms with Gasteiger partial charge in [0.05, 0.1) is 11.5 Å². The molecular weight excluding hydrogens is 421 g/mol. The molecule has 0 aliphatic carbocycles. The van der Waals surface area contributed by atoms with Gasteiger partial charge in [0, 0.05) is 35.6 Å². The van der Waals surface area contributed by atoms with Gasteiger partial charge in [0.1, 0.15) is 5.82 Å². The van der Waals surface area contributed by atoms with E-state index in [2.05, 4.69) is 10.3 Å². The molecule has 7 heteroatoms. The van der Waals surface area contributed by atoms with Crippen molar-refractivity contribution >= 4 is 28.3 Å². The zero-order valence-corrected chi connectivity index (χ0v) is 17.7. The summed E-state index contributed by atoms with van der Waals surface area (Å²) in [7, 11) is 0. The summed E-state index contributed by atoms with van der Waals surface area (Å²) >= 11 is 0. The van der Waals surface area contributed by atoms with E-state index in [-0.39, 0.29) is 24.1 Å². The predicted octanol–water partition coefficient (Wildman–Crippen LogP) is 4.34. The lowest BCUT2D eigenvalue weighted by Gasteiger charge is -2.17. The zero-order valence-electron chi connectivity index (χ0n) is 17.7. The van der Waals surface area contributed by atoms with Gasteiger partial charge in [-0.05, 0) is 53.3 Å². The number of halogens is 1. The smallest absolute Gasteiger partial charge is 0.335 e. The lowest BCUT2D eigenvalue weighted by atomic mass is 9.93. The molecule has 1 heterocycles. The summed E-state index contributed by atoms with van der Waals surface area (Å²) in [5.41, 5.74) is 7.96. The van der Waals surface area contributed by atoms with Crippen molar-refractivity contribution in [3.63, 3.8) is 0 Å². The van der Waals surface area contributed by atoms with E-state index in [1.54, 1.807) is 42.7 Å². The second-order valence-electron chi connectivity index (χ2n) is 7.71. The molecule has 0 bridgehead atoms. The average molecular weight is 443 g/mol. The van der Waals surface area contributed by atoms with Crippen molar-refractivity contribution in [1.82, 2.24) is 4.98 Å². The summed E-state index contributed by atoms with van der Waals surface area (Å²) in [6.07, 6.45) is 3.66. The summed E-state index contributed by atoms with van der Waals surface area (Å²) in [5.74, 6) is -2.88. The number of aromatic carboxylic acids is 1. The third-order valence-electron chi connectivity index (χ3n) is 5.54. The van der Waals surface area contributed by atoms with E-state index in [4.69, 9.17) is 5.73 Å². The number of amides is 1. The van der Waals surface area contributed by atoms with Crippen LogP contribution in [0.4, 0.5) is 10.1 Å². The van der Waals surface area contributed by atoms with E-state index in [9.17, 15) is 19.1 Å². The highest BCUT2D eigenvalue weighted by atomic mass is 19.1. The molecule has 0 aliphatic rings. The van der Waals surface area contributed by atoms with Crippen LogP contribution in [0.5, 0.6) is 0 Å². The summed E-state index contributed by atoms with van der Waals surface area (Å²) < 4.78 is 15.0. The maximum atomic E-state index is 15.0. The number of nitrogens with one attached hydrogen (secondary N) is 1. The van der Waals surface area contributed by atoms with Crippen molar-refractivity contribution in [1.29, 1.82) is 0 Å². The van der Waals surface area contributed by atoms with Crippen molar-refractivity contribution in [3.05, 3.63) is 107 Å². The molecule has 33 heavy (non-hydrogen) atoms. The van der Waals surface area contributed by atoms with Gasteiger partial charge in [0.25, 0.3) is 0 Å². The van der Waals surface area contributed by atoms with Crippen LogP contribution >= 0.6 is 0 Å². The van der Waals surface area contributed by atoms with Crippen LogP contribution < -0.4 is 11.1 Å². The topological polar surface area (TPSA) is 105 Å². The lowest BCUT2D eigenvalue weighted by molar-refractivity contribution is -0.117. The number of benzene rings is 3. The minimum absolute atomic E-state index is 0.0680. The van der Waals surface area contributed by atoms with Crippen LogP contribution in [-0.4, -0.2) is 28.5 Å². The number of aromatic nitrogens is 1. The van der Waals surface area contributed by atoms with Gasteiger partial charge < -0.3 is 16.2 Å². The predicted molar refractivity (Wildman–Crippen MR) is 125 cm³/mol. The highest BCUT2D eigenvalue weighted by Gasteiger charge is 2.23. The molecular formula is C26H22FN3O3. The number of carbonyl (C=O) groups excluding carboxylic acids is 1. The molecule has 1 atom stereocenters. The summed E-state index contributed by atoms with van der Waals surface area (Å²) in [5, 5.41) is 14.0. The number of carboxylic acids is 1. The first-order valence-corrected chi connectivity index (χ1v) is 10.4. The number of rotatable bonds is 7. The summed E-state index contributed by atoms with van der Waals surface area (Å²) in [6, 6.07) is 18.4. The van der Waals surface area contributed by atoms with Crippen LogP contribution in [-0.2, 0) is 11.2 Å². The number of anilines is 1. The zero-order chi connectivity index (χ0) is 23.4. The molecule has 6 nitrogen and oxygen atoms in total. The largest absolute Gasteiger partial charge is 0.478 e. The highest BCUT2D eigenvalue weighted by molar-refractivity contribution is 5.98. The van der Waals surface area contributed by atoms with Gasteiger partial charge in [-0.15, -0.1) is 0 Å². The molecule has 0 aliphatic heterocycles. The number of nitrogens with zero attached hydrogens (tertiary/aromatic N) is 1. The normalized spacial score (nSPS) is 11.8. The first-order valence-electron chi connectivity index (χ1n) is 10.4. The summed E-state index contributed by atoms with van der Waals surface area (Å²) in [4.78, 5) is 28.4. The first kappa shape index (κ1) is 22.1. The van der Waals surface area contributed by atoms with Crippen molar-refractivity contribution < 1.29 is 19.1 Å². The minimum Gasteiger partial charge on any atom is -0.478 e. The second-order valence-corrected chi connectivity index (χ2v) is 7.71. The molecule has 0 radical (unpaired) electrons. The molecule has 0 spiro atoms. The van der Waals surface area contributed by atoms with Gasteiger partial charge in [0.2, 0.25) is 5.91 Å². The fourth-order valence-electron chi connectivity index (χ4n) is 3.83. The number of pyridine rings is 1. The van der Waals surface area contributed by atoms with E-state index < -0.39 is 23.6 Å². The Balaban J connectivity index is 1.54. The molecule has 1 aromatic heterocycles. The van der Waals surface area contributed by atoms with E-state index >= 15 is 0 Å². The van der Waals surface area contributed by atoms with E-state index in [0.717, 1.165) is 10.8 Å². The monoisotopic (exact) mass is 443 g/mol. The van der Waals surface area contributed by atoms with Gasteiger partial charge in [-0.3, -0.25) is 9.78 Å². The number of carboxylic acid groups (broad SMARTS) is 1. The second kappa shape index (κ2) is 9.58. The highest BCUT2D eigenvalue weighted by Crippen LogP contribution is 2.25. The van der Waals surface area contributed by atoms with Crippen molar-refractivity contribution in [2.24, 2.45) is 5.73 Å². The summed E-state index contributed by atoms with van der Waals surface area (Å²) in [6.45, 7) is -0.0680.